The van der Waals surface area contributed by atoms with Crippen LogP contribution in [0.2, 0.25) is 0 Å². The van der Waals surface area contributed by atoms with Gasteiger partial charge in [0, 0.05) is 18.5 Å². The van der Waals surface area contributed by atoms with E-state index in [-0.39, 0.29) is 5.91 Å². The smallest absolute Gasteiger partial charge is 0.260 e. The zero-order valence-corrected chi connectivity index (χ0v) is 13.9. The summed E-state index contributed by atoms with van der Waals surface area (Å²) in [5.41, 5.74) is 2.12. The van der Waals surface area contributed by atoms with Crippen molar-refractivity contribution in [2.24, 2.45) is 0 Å². The van der Waals surface area contributed by atoms with Gasteiger partial charge in [-0.25, -0.2) is 19.3 Å². The summed E-state index contributed by atoms with van der Waals surface area (Å²) in [5.74, 6) is 0.675. The summed E-state index contributed by atoms with van der Waals surface area (Å²) in [5, 5.41) is 11.2. The molecule has 0 saturated carbocycles. The average Bonchev–Trinajstić information content (AvgIpc) is 3.32. The normalized spacial score (nSPS) is 10.7. The van der Waals surface area contributed by atoms with Gasteiger partial charge in [0.05, 0.1) is 23.1 Å². The molecule has 8 heteroatoms. The van der Waals surface area contributed by atoms with Gasteiger partial charge in [0.1, 0.15) is 12.1 Å². The average molecular weight is 345 g/mol. The van der Waals surface area contributed by atoms with Crippen molar-refractivity contribution in [2.75, 3.05) is 5.32 Å². The lowest BCUT2D eigenvalue weighted by molar-refractivity contribution is 0.102. The van der Waals surface area contributed by atoms with E-state index in [0.717, 1.165) is 11.4 Å². The summed E-state index contributed by atoms with van der Waals surface area (Å²) in [6, 6.07) is 13.1. The van der Waals surface area contributed by atoms with Crippen molar-refractivity contribution >= 4 is 11.7 Å². The Hall–Kier alpha value is -3.81. The molecule has 0 saturated heterocycles. The molecule has 0 unspecified atom stereocenters. The van der Waals surface area contributed by atoms with Crippen LogP contribution < -0.4 is 5.32 Å². The molecular formula is C18H15N7O. The van der Waals surface area contributed by atoms with Crippen molar-refractivity contribution in [1.82, 2.24) is 29.5 Å². The van der Waals surface area contributed by atoms with Crippen molar-refractivity contribution in [3.05, 3.63) is 78.6 Å². The van der Waals surface area contributed by atoms with Gasteiger partial charge in [-0.15, -0.1) is 0 Å². The van der Waals surface area contributed by atoms with Crippen LogP contribution in [-0.4, -0.2) is 35.4 Å². The minimum absolute atomic E-state index is 0.283. The third-order valence-corrected chi connectivity index (χ3v) is 3.89. The lowest BCUT2D eigenvalue weighted by atomic mass is 10.2. The van der Waals surface area contributed by atoms with Crippen LogP contribution in [0, 0.1) is 6.92 Å². The highest BCUT2D eigenvalue weighted by Crippen LogP contribution is 2.16. The number of rotatable bonds is 4. The van der Waals surface area contributed by atoms with Crippen LogP contribution >= 0.6 is 0 Å². The molecule has 3 aromatic heterocycles. The number of amides is 1. The highest BCUT2D eigenvalue weighted by molar-refractivity contribution is 6.04. The molecule has 1 amide bonds. The van der Waals surface area contributed by atoms with Gasteiger partial charge < -0.3 is 5.32 Å². The van der Waals surface area contributed by atoms with Gasteiger partial charge in [0.2, 0.25) is 0 Å². The van der Waals surface area contributed by atoms with Gasteiger partial charge >= 0.3 is 0 Å². The van der Waals surface area contributed by atoms with Crippen LogP contribution in [0.4, 0.5) is 5.82 Å². The van der Waals surface area contributed by atoms with Crippen molar-refractivity contribution in [2.45, 2.75) is 6.92 Å². The van der Waals surface area contributed by atoms with Gasteiger partial charge in [0.25, 0.3) is 5.91 Å². The summed E-state index contributed by atoms with van der Waals surface area (Å²) in [7, 11) is 0. The molecule has 0 aliphatic rings. The number of hydrogen-bond acceptors (Lipinski definition) is 5. The number of aromatic nitrogens is 6. The molecule has 1 N–H and O–H groups in total. The van der Waals surface area contributed by atoms with E-state index >= 15 is 0 Å². The van der Waals surface area contributed by atoms with Crippen molar-refractivity contribution in [3.63, 3.8) is 0 Å². The molecule has 0 bridgehead atoms. The van der Waals surface area contributed by atoms with Gasteiger partial charge in [-0.05, 0) is 25.1 Å². The molecule has 3 heterocycles. The second-order valence-electron chi connectivity index (χ2n) is 5.56. The zero-order chi connectivity index (χ0) is 17.9. The largest absolute Gasteiger partial charge is 0.306 e. The molecule has 128 valence electrons. The third-order valence-electron chi connectivity index (χ3n) is 3.89. The zero-order valence-electron chi connectivity index (χ0n) is 13.9. The maximum absolute atomic E-state index is 12.6. The first-order valence-electron chi connectivity index (χ1n) is 7.96. The van der Waals surface area contributed by atoms with Crippen LogP contribution in [0.5, 0.6) is 0 Å². The van der Waals surface area contributed by atoms with Crippen molar-refractivity contribution in [1.29, 1.82) is 0 Å². The second-order valence-corrected chi connectivity index (χ2v) is 5.56. The van der Waals surface area contributed by atoms with Crippen LogP contribution in [0.3, 0.4) is 0 Å². The van der Waals surface area contributed by atoms with Crippen molar-refractivity contribution < 1.29 is 4.79 Å². The summed E-state index contributed by atoms with van der Waals surface area (Å²) in [6.45, 7) is 1.85. The molecule has 1 aromatic carbocycles. The summed E-state index contributed by atoms with van der Waals surface area (Å²) in [4.78, 5) is 20.9. The predicted octanol–water partition coefficient (Wildman–Crippen LogP) is 2.41. The maximum atomic E-state index is 12.6. The number of carbonyl (C=O) groups excluding carboxylic acids is 1. The number of nitrogens with zero attached hydrogens (tertiary/aromatic N) is 6. The lowest BCUT2D eigenvalue weighted by Gasteiger charge is -2.07. The van der Waals surface area contributed by atoms with E-state index in [0.29, 0.717) is 17.2 Å². The van der Waals surface area contributed by atoms with E-state index in [2.05, 4.69) is 25.5 Å². The number of carbonyl (C=O) groups is 1. The predicted molar refractivity (Wildman–Crippen MR) is 95.4 cm³/mol. The Morgan fingerprint density at radius 3 is 2.69 bits per heavy atom. The topological polar surface area (TPSA) is 90.5 Å². The van der Waals surface area contributed by atoms with E-state index in [1.807, 2.05) is 37.3 Å². The highest BCUT2D eigenvalue weighted by Gasteiger charge is 2.16. The molecule has 0 spiro atoms. The fraction of sp³-hybridized carbons (Fsp3) is 0.0556. The Labute approximate surface area is 149 Å². The molecule has 0 aliphatic heterocycles. The number of para-hydroxylation sites is 1. The fourth-order valence-corrected chi connectivity index (χ4v) is 2.59. The van der Waals surface area contributed by atoms with Crippen molar-refractivity contribution in [3.8, 4) is 11.5 Å². The Balaban J connectivity index is 1.58. The highest BCUT2D eigenvalue weighted by atomic mass is 16.1. The Kier molecular flexibility index (Phi) is 3.98. The van der Waals surface area contributed by atoms with E-state index in [9.17, 15) is 4.79 Å². The maximum Gasteiger partial charge on any atom is 0.260 e. The molecule has 0 aliphatic carbocycles. The summed E-state index contributed by atoms with van der Waals surface area (Å²) >= 11 is 0. The van der Waals surface area contributed by atoms with E-state index in [1.165, 1.54) is 6.33 Å². The minimum atomic E-state index is -0.283. The van der Waals surface area contributed by atoms with Gasteiger partial charge in [-0.1, -0.05) is 18.2 Å². The van der Waals surface area contributed by atoms with Gasteiger partial charge in [-0.2, -0.15) is 10.2 Å². The van der Waals surface area contributed by atoms with E-state index in [1.54, 1.807) is 40.1 Å². The third kappa shape index (κ3) is 2.95. The first-order chi connectivity index (χ1) is 12.7. The SMILES string of the molecule is Cc1c(C(=O)Nc2cc(-n3cccn3)ncn2)cnn1-c1ccccc1. The van der Waals surface area contributed by atoms with E-state index < -0.39 is 0 Å². The van der Waals surface area contributed by atoms with Crippen LogP contribution in [0.15, 0.2) is 67.4 Å². The first kappa shape index (κ1) is 15.7. The Morgan fingerprint density at radius 1 is 1.08 bits per heavy atom. The number of benzene rings is 1. The summed E-state index contributed by atoms with van der Waals surface area (Å²) < 4.78 is 3.32. The number of anilines is 1. The number of nitrogens with one attached hydrogen (secondary N) is 1. The minimum Gasteiger partial charge on any atom is -0.306 e. The molecule has 26 heavy (non-hydrogen) atoms. The molecule has 8 nitrogen and oxygen atoms in total. The monoisotopic (exact) mass is 345 g/mol. The fourth-order valence-electron chi connectivity index (χ4n) is 2.59. The van der Waals surface area contributed by atoms with Crippen LogP contribution in [-0.2, 0) is 0 Å². The Bertz CT molecular complexity index is 1040. The molecule has 0 fully saturated rings. The molecule has 4 rings (SSSR count). The van der Waals surface area contributed by atoms with Crippen LogP contribution in [0.25, 0.3) is 11.5 Å². The van der Waals surface area contributed by atoms with E-state index in [4.69, 9.17) is 0 Å². The quantitative estimate of drug-likeness (QED) is 0.613. The molecule has 0 radical (unpaired) electrons. The Morgan fingerprint density at radius 2 is 1.92 bits per heavy atom. The number of hydrogen-bond donors (Lipinski definition) is 1. The molecular weight excluding hydrogens is 330 g/mol. The van der Waals surface area contributed by atoms with Gasteiger partial charge in [-0.3, -0.25) is 4.79 Å². The molecule has 4 aromatic rings. The molecule has 0 atom stereocenters. The lowest BCUT2D eigenvalue weighted by Crippen LogP contribution is -2.14. The summed E-state index contributed by atoms with van der Waals surface area (Å²) in [6.07, 6.45) is 6.35. The van der Waals surface area contributed by atoms with Gasteiger partial charge in [0.15, 0.2) is 5.82 Å². The van der Waals surface area contributed by atoms with Crippen LogP contribution in [0.1, 0.15) is 16.1 Å². The first-order valence-corrected chi connectivity index (χ1v) is 7.96. The second kappa shape index (κ2) is 6.60. The standard InChI is InChI=1S/C18H15N7O/c1-13-15(11-22-25(13)14-6-3-2-4-7-14)18(26)23-16-10-17(20-12-19-16)24-9-5-8-21-24/h2-12H,1H3,(H,19,20,23,26).